The second-order valence-corrected chi connectivity index (χ2v) is 13.6. The van der Waals surface area contributed by atoms with Gasteiger partial charge in [-0.3, -0.25) is 14.4 Å². The van der Waals surface area contributed by atoms with Crippen LogP contribution in [-0.2, 0) is 43.0 Å². The molecule has 3 heterocycles. The number of methoxy groups -OCH3 is 1. The molecule has 46 heavy (non-hydrogen) atoms. The van der Waals surface area contributed by atoms with Gasteiger partial charge in [0.1, 0.15) is 18.2 Å². The molecule has 6 atom stereocenters. The summed E-state index contributed by atoms with van der Waals surface area (Å²) in [4.78, 5) is 74.0. The van der Waals surface area contributed by atoms with E-state index in [-0.39, 0.29) is 50.3 Å². The van der Waals surface area contributed by atoms with Gasteiger partial charge < -0.3 is 44.6 Å². The summed E-state index contributed by atoms with van der Waals surface area (Å²) in [7, 11) is 1.42. The number of nitrogens with zero attached hydrogens (tertiary/aromatic N) is 2. The molecule has 4 rings (SSSR count). The van der Waals surface area contributed by atoms with E-state index in [0.29, 0.717) is 25.9 Å². The van der Waals surface area contributed by atoms with Gasteiger partial charge in [-0.25, -0.2) is 9.59 Å². The van der Waals surface area contributed by atoms with Crippen LogP contribution in [0.5, 0.6) is 0 Å². The summed E-state index contributed by atoms with van der Waals surface area (Å²) in [5.74, 6) is -1.99. The molecule has 0 aromatic carbocycles. The number of alkyl carbamates (subject to hydrolysis) is 1. The molecule has 1 aliphatic carbocycles. The van der Waals surface area contributed by atoms with Crippen molar-refractivity contribution in [3.63, 3.8) is 0 Å². The van der Waals surface area contributed by atoms with Gasteiger partial charge in [0.2, 0.25) is 11.8 Å². The van der Waals surface area contributed by atoms with Gasteiger partial charge in [0.15, 0.2) is 17.4 Å². The Morgan fingerprint density at radius 3 is 2.43 bits per heavy atom. The first kappa shape index (κ1) is 35.4. The Labute approximate surface area is 269 Å². The summed E-state index contributed by atoms with van der Waals surface area (Å²) in [6, 6.07) is -2.72. The molecule has 3 fully saturated rings. The lowest BCUT2D eigenvalue weighted by molar-refractivity contribution is -0.143. The Kier molecular flexibility index (Phi) is 11.5. The highest BCUT2D eigenvalue weighted by Crippen LogP contribution is 2.39. The van der Waals surface area contributed by atoms with Crippen molar-refractivity contribution in [1.29, 1.82) is 0 Å². The Morgan fingerprint density at radius 1 is 1.11 bits per heavy atom. The topological polar surface area (TPSA) is 183 Å². The highest BCUT2D eigenvalue weighted by Gasteiger charge is 2.56. The minimum Gasteiger partial charge on any atom is -0.461 e. The van der Waals surface area contributed by atoms with Crippen molar-refractivity contribution >= 4 is 35.5 Å². The SMILES string of the molecule is CCC[C@H](NC(=O)[C@@H]1C[C@]2(CC(C(=O)OCC)=NO2)CN1C(=O)[C@@H](NC(=O)O[C@H]1CCOC1)C(C)(C)C)C(OC)C(=O)NC1CC1. The lowest BCUT2D eigenvalue weighted by atomic mass is 9.85. The zero-order valence-electron chi connectivity index (χ0n) is 27.7. The van der Waals surface area contributed by atoms with Gasteiger partial charge in [0.25, 0.3) is 5.91 Å². The molecule has 3 N–H and O–H groups in total. The normalized spacial score (nSPS) is 26.0. The Morgan fingerprint density at radius 2 is 1.85 bits per heavy atom. The Balaban J connectivity index is 1.58. The fourth-order valence-electron chi connectivity index (χ4n) is 6.03. The van der Waals surface area contributed by atoms with Crippen LogP contribution >= 0.6 is 0 Å². The highest BCUT2D eigenvalue weighted by atomic mass is 16.7. The minimum absolute atomic E-state index is 0.0163. The first-order chi connectivity index (χ1) is 21.8. The second-order valence-electron chi connectivity index (χ2n) is 13.6. The quantitative estimate of drug-likeness (QED) is 0.245. The Hall–Kier alpha value is -3.46. The standard InChI is InChI=1S/C31H49N5O10/c1-7-9-20(23(42-6)26(38)32-18-10-11-18)33-25(37)22-15-31(14-21(35-46-31)28(40)44-8-2)17-36(22)27(39)24(30(3,4)5)34-29(41)45-19-12-13-43-16-19/h18-20,22-24H,7-17H2,1-6H3,(H,32,38)(H,33,37)(H,34,41)/t19-,20-,22-,23?,24+,31+/m0/s1. The smallest absolute Gasteiger partial charge is 0.408 e. The molecule has 4 amide bonds. The molecule has 4 aliphatic rings. The molecule has 1 saturated carbocycles. The number of carbonyl (C=O) groups is 5. The number of hydrogen-bond acceptors (Lipinski definition) is 11. The number of ether oxygens (including phenoxy) is 4. The number of esters is 1. The van der Waals surface area contributed by atoms with Gasteiger partial charge in [-0.05, 0) is 31.6 Å². The maximum atomic E-state index is 14.4. The van der Waals surface area contributed by atoms with Gasteiger partial charge >= 0.3 is 12.1 Å². The average Bonchev–Trinajstić information content (AvgIpc) is 3.34. The molecule has 15 nitrogen and oxygen atoms in total. The summed E-state index contributed by atoms with van der Waals surface area (Å²) in [5, 5.41) is 12.6. The van der Waals surface area contributed by atoms with Crippen molar-refractivity contribution in [2.45, 2.75) is 122 Å². The van der Waals surface area contributed by atoms with Crippen molar-refractivity contribution in [3.05, 3.63) is 0 Å². The van der Waals surface area contributed by atoms with Crippen molar-refractivity contribution in [2.24, 2.45) is 10.6 Å². The first-order valence-corrected chi connectivity index (χ1v) is 16.2. The van der Waals surface area contributed by atoms with Crippen LogP contribution in [0.1, 0.15) is 79.6 Å². The lowest BCUT2D eigenvalue weighted by Gasteiger charge is -2.36. The fraction of sp³-hybridized carbons (Fsp3) is 0.806. The van der Waals surface area contributed by atoms with Crippen LogP contribution in [0.4, 0.5) is 4.79 Å². The zero-order chi connectivity index (χ0) is 33.6. The molecule has 0 aromatic rings. The van der Waals surface area contributed by atoms with Crippen molar-refractivity contribution in [3.8, 4) is 0 Å². The fourth-order valence-corrected chi connectivity index (χ4v) is 6.03. The molecular weight excluding hydrogens is 602 g/mol. The number of likely N-dealkylation sites (tertiary alicyclic amines) is 1. The van der Waals surface area contributed by atoms with Crippen LogP contribution in [0.15, 0.2) is 5.16 Å². The number of oxime groups is 1. The van der Waals surface area contributed by atoms with E-state index in [2.05, 4.69) is 21.1 Å². The van der Waals surface area contributed by atoms with Gasteiger partial charge in [-0.1, -0.05) is 39.3 Å². The molecule has 0 bridgehead atoms. The van der Waals surface area contributed by atoms with E-state index in [1.165, 1.54) is 12.0 Å². The maximum Gasteiger partial charge on any atom is 0.408 e. The summed E-state index contributed by atoms with van der Waals surface area (Å²) >= 11 is 0. The average molecular weight is 652 g/mol. The number of amides is 4. The van der Waals surface area contributed by atoms with E-state index in [0.717, 1.165) is 12.8 Å². The Bertz CT molecular complexity index is 1180. The highest BCUT2D eigenvalue weighted by molar-refractivity contribution is 6.36. The van der Waals surface area contributed by atoms with E-state index in [9.17, 15) is 24.0 Å². The van der Waals surface area contributed by atoms with E-state index in [1.54, 1.807) is 27.7 Å². The molecule has 1 unspecified atom stereocenters. The minimum atomic E-state index is -1.17. The molecule has 0 radical (unpaired) electrons. The number of rotatable bonds is 13. The second kappa shape index (κ2) is 15.0. The molecule has 15 heteroatoms. The molecule has 2 saturated heterocycles. The van der Waals surface area contributed by atoms with Gasteiger partial charge in [0.05, 0.1) is 32.4 Å². The van der Waals surface area contributed by atoms with Crippen LogP contribution in [-0.4, -0.2) is 116 Å². The molecular formula is C31H49N5O10. The number of carbonyl (C=O) groups excluding carboxylic acids is 5. The van der Waals surface area contributed by atoms with Gasteiger partial charge in [-0.15, -0.1) is 0 Å². The van der Waals surface area contributed by atoms with Crippen LogP contribution in [0.3, 0.4) is 0 Å². The first-order valence-electron chi connectivity index (χ1n) is 16.2. The summed E-state index contributed by atoms with van der Waals surface area (Å²) in [5.41, 5.74) is -1.90. The molecule has 258 valence electrons. The molecule has 1 spiro atoms. The van der Waals surface area contributed by atoms with Crippen molar-refractivity contribution < 1.29 is 47.8 Å². The third kappa shape index (κ3) is 8.66. The zero-order valence-corrected chi connectivity index (χ0v) is 27.7. The van der Waals surface area contributed by atoms with Crippen LogP contribution in [0.2, 0.25) is 0 Å². The van der Waals surface area contributed by atoms with E-state index >= 15 is 0 Å². The third-order valence-electron chi connectivity index (χ3n) is 8.60. The largest absolute Gasteiger partial charge is 0.461 e. The van der Waals surface area contributed by atoms with E-state index < -0.39 is 65.2 Å². The predicted octanol–water partition coefficient (Wildman–Crippen LogP) is 1.17. The van der Waals surface area contributed by atoms with Crippen molar-refractivity contribution in [1.82, 2.24) is 20.9 Å². The molecule has 0 aromatic heterocycles. The number of hydrogen-bond donors (Lipinski definition) is 3. The summed E-state index contributed by atoms with van der Waals surface area (Å²) < 4.78 is 21.4. The lowest BCUT2D eigenvalue weighted by Crippen LogP contribution is -2.60. The maximum absolute atomic E-state index is 14.4. The van der Waals surface area contributed by atoms with Crippen molar-refractivity contribution in [2.75, 3.05) is 33.5 Å². The number of nitrogens with one attached hydrogen (secondary N) is 3. The van der Waals surface area contributed by atoms with E-state index in [4.69, 9.17) is 23.8 Å². The van der Waals surface area contributed by atoms with Crippen LogP contribution in [0.25, 0.3) is 0 Å². The monoisotopic (exact) mass is 651 g/mol. The van der Waals surface area contributed by atoms with Gasteiger partial charge in [0, 0.05) is 32.4 Å². The van der Waals surface area contributed by atoms with Gasteiger partial charge in [-0.2, -0.15) is 0 Å². The van der Waals surface area contributed by atoms with Crippen LogP contribution in [0, 0.1) is 5.41 Å². The third-order valence-corrected chi connectivity index (χ3v) is 8.60. The predicted molar refractivity (Wildman–Crippen MR) is 164 cm³/mol. The molecule has 3 aliphatic heterocycles. The van der Waals surface area contributed by atoms with Crippen LogP contribution < -0.4 is 16.0 Å². The summed E-state index contributed by atoms with van der Waals surface area (Å²) in [6.45, 7) is 9.82. The van der Waals surface area contributed by atoms with E-state index in [1.807, 2.05) is 6.92 Å². The summed E-state index contributed by atoms with van der Waals surface area (Å²) in [6.07, 6.45) is 1.37.